The fraction of sp³-hybridized carbons (Fsp3) is 0.833. The van der Waals surface area contributed by atoms with Gasteiger partial charge < -0.3 is 14.4 Å². The third-order valence-electron chi connectivity index (χ3n) is 2.73. The zero-order valence-corrected chi connectivity index (χ0v) is 12.4. The van der Waals surface area contributed by atoms with Gasteiger partial charge in [-0.05, 0) is 27.2 Å². The summed E-state index contributed by atoms with van der Waals surface area (Å²) >= 11 is 5.19. The van der Waals surface area contributed by atoms with Crippen molar-refractivity contribution in [2.75, 3.05) is 19.2 Å². The fourth-order valence-electron chi connectivity index (χ4n) is 1.87. The van der Waals surface area contributed by atoms with Crippen LogP contribution in [0.3, 0.4) is 0 Å². The highest BCUT2D eigenvalue weighted by molar-refractivity contribution is 6.17. The zero-order chi connectivity index (χ0) is 15.6. The third kappa shape index (κ3) is 4.47. The Morgan fingerprint density at radius 1 is 1.40 bits per heavy atom. The Kier molecular flexibility index (Phi) is 5.18. The van der Waals surface area contributed by atoms with E-state index in [9.17, 15) is 18.4 Å². The zero-order valence-electron chi connectivity index (χ0n) is 11.6. The van der Waals surface area contributed by atoms with Crippen molar-refractivity contribution >= 4 is 23.7 Å². The van der Waals surface area contributed by atoms with Crippen LogP contribution in [0.5, 0.6) is 0 Å². The van der Waals surface area contributed by atoms with Gasteiger partial charge in [-0.3, -0.25) is 4.79 Å². The predicted molar refractivity (Wildman–Crippen MR) is 67.7 cm³/mol. The predicted octanol–water partition coefficient (Wildman–Crippen LogP) is 2.62. The third-order valence-corrected chi connectivity index (χ3v) is 2.84. The van der Waals surface area contributed by atoms with E-state index in [1.807, 2.05) is 0 Å². The standard InChI is InChI=1S/C12H18ClF2NO4/c1-11(2,3)20-10(18)16-5-4-8(9(17)19-7-13)12(14,15)6-16/h8H,4-7H2,1-3H3. The number of esters is 1. The van der Waals surface area contributed by atoms with E-state index >= 15 is 0 Å². The summed E-state index contributed by atoms with van der Waals surface area (Å²) in [6.07, 6.45) is -1.01. The number of alkyl halides is 3. The maximum atomic E-state index is 13.9. The maximum Gasteiger partial charge on any atom is 0.410 e. The van der Waals surface area contributed by atoms with Crippen molar-refractivity contribution in [1.82, 2.24) is 4.90 Å². The molecule has 0 aliphatic carbocycles. The van der Waals surface area contributed by atoms with Crippen LogP contribution in [0.2, 0.25) is 0 Å². The number of hydrogen-bond donors (Lipinski definition) is 0. The van der Waals surface area contributed by atoms with Crippen LogP contribution in [0.1, 0.15) is 27.2 Å². The summed E-state index contributed by atoms with van der Waals surface area (Å²) in [5.41, 5.74) is -0.763. The summed E-state index contributed by atoms with van der Waals surface area (Å²) in [5.74, 6) is -5.99. The van der Waals surface area contributed by atoms with Gasteiger partial charge >= 0.3 is 12.1 Å². The number of rotatable bonds is 2. The minimum Gasteiger partial charge on any atom is -0.449 e. The highest BCUT2D eigenvalue weighted by Gasteiger charge is 2.51. The monoisotopic (exact) mass is 313 g/mol. The molecule has 0 aromatic carbocycles. The lowest BCUT2D eigenvalue weighted by Gasteiger charge is -2.37. The van der Waals surface area contributed by atoms with Crippen LogP contribution in [0.15, 0.2) is 0 Å². The fourth-order valence-corrected chi connectivity index (χ4v) is 1.97. The molecule has 1 fully saturated rings. The van der Waals surface area contributed by atoms with Crippen molar-refractivity contribution in [3.8, 4) is 0 Å². The molecule has 1 unspecified atom stereocenters. The number of halogens is 3. The molecule has 1 amide bonds. The minimum atomic E-state index is -3.36. The molecular weight excluding hydrogens is 296 g/mol. The Morgan fingerprint density at radius 3 is 2.45 bits per heavy atom. The second kappa shape index (κ2) is 6.11. The van der Waals surface area contributed by atoms with Crippen molar-refractivity contribution in [3.63, 3.8) is 0 Å². The summed E-state index contributed by atoms with van der Waals surface area (Å²) < 4.78 is 37.2. The molecule has 0 bridgehead atoms. The topological polar surface area (TPSA) is 55.8 Å². The molecule has 0 aromatic rings. The normalized spacial score (nSPS) is 22.3. The number of amides is 1. The van der Waals surface area contributed by atoms with Crippen LogP contribution in [0.4, 0.5) is 13.6 Å². The van der Waals surface area contributed by atoms with Gasteiger partial charge in [-0.1, -0.05) is 11.6 Å². The van der Waals surface area contributed by atoms with Gasteiger partial charge in [-0.15, -0.1) is 0 Å². The molecule has 1 saturated heterocycles. The first-order valence-corrected chi connectivity index (χ1v) is 6.68. The molecule has 0 spiro atoms. The Morgan fingerprint density at radius 2 is 2.00 bits per heavy atom. The Bertz CT molecular complexity index is 384. The van der Waals surface area contributed by atoms with Gasteiger partial charge in [0.1, 0.15) is 11.5 Å². The van der Waals surface area contributed by atoms with E-state index in [2.05, 4.69) is 4.74 Å². The number of carbonyl (C=O) groups is 2. The quantitative estimate of drug-likeness (QED) is 0.581. The molecule has 0 N–H and O–H groups in total. The molecule has 20 heavy (non-hydrogen) atoms. The van der Waals surface area contributed by atoms with Crippen LogP contribution in [0.25, 0.3) is 0 Å². The molecule has 1 aliphatic heterocycles. The van der Waals surface area contributed by atoms with Crippen LogP contribution in [0, 0.1) is 5.92 Å². The van der Waals surface area contributed by atoms with Gasteiger partial charge in [0.25, 0.3) is 5.92 Å². The molecule has 1 heterocycles. The average molecular weight is 314 g/mol. The highest BCUT2D eigenvalue weighted by Crippen LogP contribution is 2.34. The molecule has 1 rings (SSSR count). The number of hydrogen-bond acceptors (Lipinski definition) is 4. The number of nitrogens with zero attached hydrogens (tertiary/aromatic N) is 1. The van der Waals surface area contributed by atoms with E-state index in [1.54, 1.807) is 20.8 Å². The summed E-state index contributed by atoms with van der Waals surface area (Å²) in [7, 11) is 0. The van der Waals surface area contributed by atoms with Crippen LogP contribution in [-0.4, -0.2) is 47.6 Å². The van der Waals surface area contributed by atoms with E-state index in [4.69, 9.17) is 16.3 Å². The Labute approximate surface area is 121 Å². The van der Waals surface area contributed by atoms with E-state index in [1.165, 1.54) is 0 Å². The van der Waals surface area contributed by atoms with Gasteiger partial charge in [0.2, 0.25) is 0 Å². The smallest absolute Gasteiger partial charge is 0.410 e. The number of piperidine rings is 1. The van der Waals surface area contributed by atoms with Crippen molar-refractivity contribution in [2.24, 2.45) is 5.92 Å². The van der Waals surface area contributed by atoms with Crippen molar-refractivity contribution in [2.45, 2.75) is 38.7 Å². The van der Waals surface area contributed by atoms with Crippen LogP contribution < -0.4 is 0 Å². The molecule has 8 heteroatoms. The van der Waals surface area contributed by atoms with E-state index < -0.39 is 42.1 Å². The molecule has 1 atom stereocenters. The first kappa shape index (κ1) is 16.9. The van der Waals surface area contributed by atoms with E-state index in [0.717, 1.165) is 4.90 Å². The summed E-state index contributed by atoms with van der Waals surface area (Å²) in [6, 6.07) is -0.471. The molecule has 0 radical (unpaired) electrons. The molecule has 0 aromatic heterocycles. The largest absolute Gasteiger partial charge is 0.449 e. The van der Waals surface area contributed by atoms with Gasteiger partial charge in [-0.2, -0.15) is 0 Å². The maximum absolute atomic E-state index is 13.9. The first-order valence-electron chi connectivity index (χ1n) is 6.15. The summed E-state index contributed by atoms with van der Waals surface area (Å²) in [5, 5.41) is 0. The minimum absolute atomic E-state index is 0.00650. The van der Waals surface area contributed by atoms with E-state index in [0.29, 0.717) is 0 Å². The lowest BCUT2D eigenvalue weighted by atomic mass is 9.93. The van der Waals surface area contributed by atoms with Gasteiger partial charge in [-0.25, -0.2) is 13.6 Å². The second-order valence-electron chi connectivity index (χ2n) is 5.58. The van der Waals surface area contributed by atoms with Crippen molar-refractivity contribution < 1.29 is 27.8 Å². The lowest BCUT2D eigenvalue weighted by Crippen LogP contribution is -2.54. The van der Waals surface area contributed by atoms with Crippen molar-refractivity contribution in [3.05, 3.63) is 0 Å². The van der Waals surface area contributed by atoms with Gasteiger partial charge in [0, 0.05) is 6.54 Å². The summed E-state index contributed by atoms with van der Waals surface area (Å²) in [6.45, 7) is 4.07. The van der Waals surface area contributed by atoms with Gasteiger partial charge in [0.05, 0.1) is 6.54 Å². The van der Waals surface area contributed by atoms with Crippen LogP contribution >= 0.6 is 11.6 Å². The second-order valence-corrected chi connectivity index (χ2v) is 5.79. The Balaban J connectivity index is 2.69. The molecule has 5 nitrogen and oxygen atoms in total. The SMILES string of the molecule is CC(C)(C)OC(=O)N1CCC(C(=O)OCCl)C(F)(F)C1. The van der Waals surface area contributed by atoms with E-state index in [-0.39, 0.29) is 13.0 Å². The van der Waals surface area contributed by atoms with Gasteiger partial charge in [0.15, 0.2) is 6.07 Å². The van der Waals surface area contributed by atoms with Crippen molar-refractivity contribution in [1.29, 1.82) is 0 Å². The molecule has 116 valence electrons. The summed E-state index contributed by atoms with van der Waals surface area (Å²) in [4.78, 5) is 24.0. The molecule has 1 aliphatic rings. The number of ether oxygens (including phenoxy) is 2. The highest BCUT2D eigenvalue weighted by atomic mass is 35.5. The Hall–Kier alpha value is -1.11. The molecule has 0 saturated carbocycles. The number of likely N-dealkylation sites (tertiary alicyclic amines) is 1. The van der Waals surface area contributed by atoms with Crippen LogP contribution in [-0.2, 0) is 14.3 Å². The first-order chi connectivity index (χ1) is 9.07. The molecular formula is C12H18ClF2NO4. The average Bonchev–Trinajstić information content (AvgIpc) is 2.25. The number of carbonyl (C=O) groups excluding carboxylic acids is 2. The lowest BCUT2D eigenvalue weighted by molar-refractivity contribution is -0.170.